The lowest BCUT2D eigenvalue weighted by molar-refractivity contribution is -0.671. The molecule has 0 unspecified atom stereocenters. The molecule has 0 saturated heterocycles. The van der Waals surface area contributed by atoms with Crippen molar-refractivity contribution < 1.29 is 4.57 Å². The number of hydrogen-bond acceptors (Lipinski definition) is 1. The van der Waals surface area contributed by atoms with E-state index in [-0.39, 0.29) is 0 Å². The molecule has 0 N–H and O–H groups in total. The van der Waals surface area contributed by atoms with Crippen molar-refractivity contribution in [3.63, 3.8) is 0 Å². The SMILES string of the molecule is c1ccc(-n2cc3[n+](c2)Cc2cccnc2-3)cc1. The first-order chi connectivity index (χ1) is 8.92. The van der Waals surface area contributed by atoms with Crippen molar-refractivity contribution in [2.45, 2.75) is 6.54 Å². The van der Waals surface area contributed by atoms with Gasteiger partial charge in [0.25, 0.3) is 0 Å². The van der Waals surface area contributed by atoms with E-state index in [0.717, 1.165) is 12.2 Å². The molecule has 0 atom stereocenters. The summed E-state index contributed by atoms with van der Waals surface area (Å²) < 4.78 is 4.39. The topological polar surface area (TPSA) is 21.7 Å². The van der Waals surface area contributed by atoms with Crippen molar-refractivity contribution in [3.8, 4) is 17.1 Å². The standard InChI is InChI=1S/C15H12N3/c1-2-6-13(7-3-1)17-10-14-15-12(5-4-8-16-15)9-18(14)11-17/h1-8,10-11H,9H2/q+1. The highest BCUT2D eigenvalue weighted by atomic mass is 15.2. The minimum Gasteiger partial charge on any atom is -0.252 e. The first kappa shape index (κ1) is 9.59. The van der Waals surface area contributed by atoms with Crippen molar-refractivity contribution in [2.75, 3.05) is 0 Å². The van der Waals surface area contributed by atoms with Gasteiger partial charge in [-0.3, -0.25) is 4.98 Å². The fraction of sp³-hybridized carbons (Fsp3) is 0.0667. The Morgan fingerprint density at radius 2 is 1.94 bits per heavy atom. The molecule has 1 aliphatic heterocycles. The number of benzene rings is 1. The Labute approximate surface area is 105 Å². The second-order valence-electron chi connectivity index (χ2n) is 4.51. The Morgan fingerprint density at radius 3 is 2.83 bits per heavy atom. The number of para-hydroxylation sites is 1. The van der Waals surface area contributed by atoms with Gasteiger partial charge in [0.05, 0.1) is 0 Å². The van der Waals surface area contributed by atoms with Crippen molar-refractivity contribution in [1.29, 1.82) is 0 Å². The first-order valence-corrected chi connectivity index (χ1v) is 6.03. The molecule has 0 radical (unpaired) electrons. The molecule has 0 spiro atoms. The first-order valence-electron chi connectivity index (χ1n) is 6.03. The summed E-state index contributed by atoms with van der Waals surface area (Å²) in [5, 5.41) is 0. The van der Waals surface area contributed by atoms with Crippen molar-refractivity contribution in [2.24, 2.45) is 0 Å². The zero-order valence-corrected chi connectivity index (χ0v) is 9.82. The lowest BCUT2D eigenvalue weighted by atomic mass is 10.2. The number of hydrogen-bond donors (Lipinski definition) is 0. The third-order valence-electron chi connectivity index (χ3n) is 3.36. The maximum absolute atomic E-state index is 4.47. The second-order valence-corrected chi connectivity index (χ2v) is 4.51. The zero-order chi connectivity index (χ0) is 11.9. The molecule has 0 amide bonds. The summed E-state index contributed by atoms with van der Waals surface area (Å²) in [6, 6.07) is 14.5. The highest BCUT2D eigenvalue weighted by Gasteiger charge is 2.27. The Hall–Kier alpha value is -2.42. The molecule has 3 aromatic rings. The molecule has 1 aromatic carbocycles. The minimum absolute atomic E-state index is 0.915. The van der Waals surface area contributed by atoms with Gasteiger partial charge in [-0.25, -0.2) is 9.13 Å². The Balaban J connectivity index is 1.86. The monoisotopic (exact) mass is 234 g/mol. The van der Waals surface area contributed by atoms with Crippen LogP contribution in [0.1, 0.15) is 5.56 Å². The van der Waals surface area contributed by atoms with E-state index >= 15 is 0 Å². The summed E-state index contributed by atoms with van der Waals surface area (Å²) in [5.74, 6) is 0. The Bertz CT molecular complexity index is 714. The van der Waals surface area contributed by atoms with Crippen LogP contribution in [-0.2, 0) is 6.54 Å². The Kier molecular flexibility index (Phi) is 1.88. The highest BCUT2D eigenvalue weighted by Crippen LogP contribution is 2.24. The number of rotatable bonds is 1. The van der Waals surface area contributed by atoms with Crippen molar-refractivity contribution >= 4 is 0 Å². The van der Waals surface area contributed by atoms with Gasteiger partial charge in [0.2, 0.25) is 6.33 Å². The third kappa shape index (κ3) is 1.31. The van der Waals surface area contributed by atoms with Crippen LogP contribution >= 0.6 is 0 Å². The van der Waals surface area contributed by atoms with E-state index in [1.807, 2.05) is 18.3 Å². The number of aromatic nitrogens is 3. The van der Waals surface area contributed by atoms with E-state index in [2.05, 4.69) is 57.0 Å². The van der Waals surface area contributed by atoms with Gasteiger partial charge in [-0.1, -0.05) is 24.3 Å². The van der Waals surface area contributed by atoms with Crippen LogP contribution in [-0.4, -0.2) is 9.55 Å². The molecule has 3 heteroatoms. The van der Waals surface area contributed by atoms with E-state index < -0.39 is 0 Å². The number of fused-ring (bicyclic) bond motifs is 3. The third-order valence-corrected chi connectivity index (χ3v) is 3.36. The quantitative estimate of drug-likeness (QED) is 0.463. The molecule has 3 nitrogen and oxygen atoms in total. The van der Waals surface area contributed by atoms with E-state index in [1.165, 1.54) is 16.9 Å². The molecule has 3 heterocycles. The van der Waals surface area contributed by atoms with E-state index in [1.54, 1.807) is 0 Å². The van der Waals surface area contributed by atoms with E-state index in [4.69, 9.17) is 0 Å². The average Bonchev–Trinajstić information content (AvgIpc) is 2.97. The highest BCUT2D eigenvalue weighted by molar-refractivity contribution is 5.57. The number of pyridine rings is 1. The smallest absolute Gasteiger partial charge is 0.249 e. The summed E-state index contributed by atoms with van der Waals surface area (Å²) in [6.07, 6.45) is 6.13. The van der Waals surface area contributed by atoms with Gasteiger partial charge in [-0.15, -0.1) is 0 Å². The average molecular weight is 234 g/mol. The second kappa shape index (κ2) is 3.53. The Morgan fingerprint density at radius 1 is 1.06 bits per heavy atom. The summed E-state index contributed by atoms with van der Waals surface area (Å²) in [4.78, 5) is 4.47. The van der Waals surface area contributed by atoms with Crippen LogP contribution in [0.3, 0.4) is 0 Å². The number of imidazole rings is 1. The van der Waals surface area contributed by atoms with Crippen LogP contribution in [0.5, 0.6) is 0 Å². The van der Waals surface area contributed by atoms with Crippen molar-refractivity contribution in [1.82, 2.24) is 9.55 Å². The zero-order valence-electron chi connectivity index (χ0n) is 9.82. The molecule has 0 aliphatic carbocycles. The molecule has 86 valence electrons. The normalized spacial score (nSPS) is 12.2. The van der Waals surface area contributed by atoms with Gasteiger partial charge in [0, 0.05) is 11.8 Å². The van der Waals surface area contributed by atoms with E-state index in [0.29, 0.717) is 0 Å². The molecule has 4 rings (SSSR count). The predicted octanol–water partition coefficient (Wildman–Crippen LogP) is 2.19. The van der Waals surface area contributed by atoms with Gasteiger partial charge in [0.15, 0.2) is 5.69 Å². The van der Waals surface area contributed by atoms with Crippen molar-refractivity contribution in [3.05, 3.63) is 66.7 Å². The minimum atomic E-state index is 0.915. The summed E-state index contributed by atoms with van der Waals surface area (Å²) in [5.41, 5.74) is 4.77. The van der Waals surface area contributed by atoms with Crippen LogP contribution < -0.4 is 4.57 Å². The molecule has 0 bridgehead atoms. The van der Waals surface area contributed by atoms with E-state index in [9.17, 15) is 0 Å². The fourth-order valence-electron chi connectivity index (χ4n) is 2.50. The van der Waals surface area contributed by atoms with Crippen LogP contribution in [0.2, 0.25) is 0 Å². The lowest BCUT2D eigenvalue weighted by Gasteiger charge is -1.95. The summed E-state index contributed by atoms with van der Waals surface area (Å²) in [7, 11) is 0. The van der Waals surface area contributed by atoms with Gasteiger partial charge in [-0.2, -0.15) is 0 Å². The van der Waals surface area contributed by atoms with Gasteiger partial charge in [0.1, 0.15) is 24.1 Å². The summed E-state index contributed by atoms with van der Waals surface area (Å²) in [6.45, 7) is 0.915. The number of nitrogens with zero attached hydrogens (tertiary/aromatic N) is 3. The van der Waals surface area contributed by atoms with Gasteiger partial charge in [-0.05, 0) is 18.2 Å². The molecule has 0 fully saturated rings. The molecular weight excluding hydrogens is 222 g/mol. The largest absolute Gasteiger partial charge is 0.252 e. The maximum Gasteiger partial charge on any atom is 0.249 e. The maximum atomic E-state index is 4.47. The van der Waals surface area contributed by atoms with Gasteiger partial charge < -0.3 is 0 Å². The molecular formula is C15H12N3+. The van der Waals surface area contributed by atoms with Gasteiger partial charge >= 0.3 is 0 Å². The molecule has 0 saturated carbocycles. The van der Waals surface area contributed by atoms with Crippen LogP contribution in [0.25, 0.3) is 17.1 Å². The molecule has 1 aliphatic rings. The molecule has 2 aromatic heterocycles. The lowest BCUT2D eigenvalue weighted by Crippen LogP contribution is -2.29. The summed E-state index contributed by atoms with van der Waals surface area (Å²) >= 11 is 0. The fourth-order valence-corrected chi connectivity index (χ4v) is 2.50. The molecule has 18 heavy (non-hydrogen) atoms. The van der Waals surface area contributed by atoms with Crippen LogP contribution in [0.15, 0.2) is 61.2 Å². The van der Waals surface area contributed by atoms with Crippen LogP contribution in [0, 0.1) is 0 Å². The van der Waals surface area contributed by atoms with Crippen LogP contribution in [0.4, 0.5) is 0 Å². The predicted molar refractivity (Wildman–Crippen MR) is 68.3 cm³/mol.